The normalized spacial score (nSPS) is 22.9. The lowest BCUT2D eigenvalue weighted by Gasteiger charge is -2.21. The Morgan fingerprint density at radius 3 is 2.76 bits per heavy atom. The third kappa shape index (κ3) is 2.61. The van der Waals surface area contributed by atoms with Gasteiger partial charge in [0.2, 0.25) is 0 Å². The van der Waals surface area contributed by atoms with E-state index in [1.54, 1.807) is 7.11 Å². The lowest BCUT2D eigenvalue weighted by atomic mass is 10.1. The summed E-state index contributed by atoms with van der Waals surface area (Å²) in [6.45, 7) is 4.53. The van der Waals surface area contributed by atoms with Crippen LogP contribution < -0.4 is 10.1 Å². The maximum absolute atomic E-state index is 5.31. The van der Waals surface area contributed by atoms with Gasteiger partial charge < -0.3 is 10.1 Å². The SMILES string of the molecule is CNC1c2cc(OC)ccc2CC1SC(C)C. The molecule has 2 nitrogen and oxygen atoms in total. The zero-order valence-electron chi connectivity index (χ0n) is 11.0. The van der Waals surface area contributed by atoms with E-state index in [4.69, 9.17) is 4.74 Å². The van der Waals surface area contributed by atoms with E-state index in [-0.39, 0.29) is 0 Å². The summed E-state index contributed by atoms with van der Waals surface area (Å²) >= 11 is 2.06. The van der Waals surface area contributed by atoms with Crippen molar-refractivity contribution >= 4 is 11.8 Å². The molecule has 0 saturated heterocycles. The van der Waals surface area contributed by atoms with Crippen LogP contribution in [-0.2, 0) is 6.42 Å². The predicted molar refractivity (Wildman–Crippen MR) is 75.0 cm³/mol. The van der Waals surface area contributed by atoms with Crippen LogP contribution in [0.25, 0.3) is 0 Å². The highest BCUT2D eigenvalue weighted by molar-refractivity contribution is 8.00. The van der Waals surface area contributed by atoms with Gasteiger partial charge in [-0.05, 0) is 42.0 Å². The van der Waals surface area contributed by atoms with Crippen LogP contribution in [-0.4, -0.2) is 24.7 Å². The zero-order valence-corrected chi connectivity index (χ0v) is 11.8. The molecular weight excluding hydrogens is 230 g/mol. The van der Waals surface area contributed by atoms with Crippen molar-refractivity contribution in [2.75, 3.05) is 14.2 Å². The van der Waals surface area contributed by atoms with Crippen LogP contribution in [0.5, 0.6) is 5.75 Å². The topological polar surface area (TPSA) is 21.3 Å². The molecule has 1 aromatic carbocycles. The van der Waals surface area contributed by atoms with Gasteiger partial charge in [-0.3, -0.25) is 0 Å². The molecule has 1 N–H and O–H groups in total. The maximum Gasteiger partial charge on any atom is 0.119 e. The number of hydrogen-bond donors (Lipinski definition) is 1. The average molecular weight is 251 g/mol. The van der Waals surface area contributed by atoms with Crippen LogP contribution in [0.1, 0.15) is 31.0 Å². The second-order valence-electron chi connectivity index (χ2n) is 4.76. The highest BCUT2D eigenvalue weighted by Gasteiger charge is 2.32. The fraction of sp³-hybridized carbons (Fsp3) is 0.571. The molecule has 2 atom stereocenters. The minimum atomic E-state index is 0.451. The molecule has 3 heteroatoms. The van der Waals surface area contributed by atoms with E-state index in [0.29, 0.717) is 16.5 Å². The molecule has 0 spiro atoms. The molecule has 1 aliphatic rings. The van der Waals surface area contributed by atoms with Gasteiger partial charge >= 0.3 is 0 Å². The highest BCUT2D eigenvalue weighted by atomic mass is 32.2. The van der Waals surface area contributed by atoms with E-state index < -0.39 is 0 Å². The number of nitrogens with one attached hydrogen (secondary N) is 1. The predicted octanol–water partition coefficient (Wildman–Crippen LogP) is 3.02. The Morgan fingerprint density at radius 2 is 2.18 bits per heavy atom. The number of fused-ring (bicyclic) bond motifs is 1. The van der Waals surface area contributed by atoms with Crippen molar-refractivity contribution in [3.8, 4) is 5.75 Å². The summed E-state index contributed by atoms with van der Waals surface area (Å²) in [5, 5.41) is 4.76. The van der Waals surface area contributed by atoms with Crippen LogP contribution in [0, 0.1) is 0 Å². The van der Waals surface area contributed by atoms with Crippen LogP contribution in [0.15, 0.2) is 18.2 Å². The van der Waals surface area contributed by atoms with Crippen molar-refractivity contribution in [2.45, 2.75) is 36.8 Å². The maximum atomic E-state index is 5.31. The average Bonchev–Trinajstić information content (AvgIpc) is 2.63. The molecule has 0 saturated carbocycles. The van der Waals surface area contributed by atoms with Crippen molar-refractivity contribution < 1.29 is 4.74 Å². The Kier molecular flexibility index (Phi) is 4.00. The fourth-order valence-corrected chi connectivity index (χ4v) is 3.94. The largest absolute Gasteiger partial charge is 0.497 e. The highest BCUT2D eigenvalue weighted by Crippen LogP contribution is 2.41. The third-order valence-corrected chi connectivity index (χ3v) is 4.57. The van der Waals surface area contributed by atoms with E-state index >= 15 is 0 Å². The molecular formula is C14H21NOS. The summed E-state index contributed by atoms with van der Waals surface area (Å²) in [5.74, 6) is 0.958. The van der Waals surface area contributed by atoms with Gasteiger partial charge in [0.05, 0.1) is 7.11 Å². The van der Waals surface area contributed by atoms with Crippen molar-refractivity contribution in [1.82, 2.24) is 5.32 Å². The molecule has 2 rings (SSSR count). The van der Waals surface area contributed by atoms with Crippen molar-refractivity contribution in [3.63, 3.8) is 0 Å². The Labute approximate surface area is 108 Å². The Morgan fingerprint density at radius 1 is 1.41 bits per heavy atom. The first-order valence-electron chi connectivity index (χ1n) is 6.15. The molecule has 0 aliphatic heterocycles. The summed E-state index contributed by atoms with van der Waals surface area (Å²) < 4.78 is 5.31. The van der Waals surface area contributed by atoms with Crippen molar-refractivity contribution in [3.05, 3.63) is 29.3 Å². The molecule has 94 valence electrons. The van der Waals surface area contributed by atoms with Gasteiger partial charge in [-0.2, -0.15) is 11.8 Å². The summed E-state index contributed by atoms with van der Waals surface area (Å²) in [5.41, 5.74) is 2.87. The van der Waals surface area contributed by atoms with E-state index in [1.165, 1.54) is 11.1 Å². The zero-order chi connectivity index (χ0) is 12.4. The summed E-state index contributed by atoms with van der Waals surface area (Å²) in [7, 11) is 3.78. The fourth-order valence-electron chi connectivity index (χ4n) is 2.53. The molecule has 1 aromatic rings. The number of ether oxygens (including phenoxy) is 1. The van der Waals surface area contributed by atoms with Gasteiger partial charge in [-0.1, -0.05) is 19.9 Å². The summed E-state index contributed by atoms with van der Waals surface area (Å²) in [4.78, 5) is 0. The second-order valence-corrected chi connectivity index (χ2v) is 6.58. The minimum absolute atomic E-state index is 0.451. The Bertz CT molecular complexity index is 392. The smallest absolute Gasteiger partial charge is 0.119 e. The molecule has 0 heterocycles. The standard InChI is InChI=1S/C14H21NOS/c1-9(2)17-13-7-10-5-6-11(16-4)8-12(10)14(13)15-3/h5-6,8-9,13-15H,7H2,1-4H3. The second kappa shape index (κ2) is 5.32. The first kappa shape index (κ1) is 12.8. The Hall–Kier alpha value is -0.670. The summed E-state index contributed by atoms with van der Waals surface area (Å²) in [6.07, 6.45) is 1.16. The lowest BCUT2D eigenvalue weighted by Crippen LogP contribution is -2.24. The molecule has 0 bridgehead atoms. The number of benzene rings is 1. The van der Waals surface area contributed by atoms with E-state index in [1.807, 2.05) is 7.05 Å². The minimum Gasteiger partial charge on any atom is -0.497 e. The van der Waals surface area contributed by atoms with Gasteiger partial charge in [0.1, 0.15) is 5.75 Å². The molecule has 1 aliphatic carbocycles. The quantitative estimate of drug-likeness (QED) is 0.889. The van der Waals surface area contributed by atoms with Crippen molar-refractivity contribution in [2.24, 2.45) is 0 Å². The van der Waals surface area contributed by atoms with Gasteiger partial charge in [0, 0.05) is 11.3 Å². The number of rotatable bonds is 4. The monoisotopic (exact) mass is 251 g/mol. The van der Waals surface area contributed by atoms with Crippen molar-refractivity contribution in [1.29, 1.82) is 0 Å². The van der Waals surface area contributed by atoms with Crippen LogP contribution in [0.4, 0.5) is 0 Å². The van der Waals surface area contributed by atoms with E-state index in [9.17, 15) is 0 Å². The van der Waals surface area contributed by atoms with E-state index in [0.717, 1.165) is 12.2 Å². The lowest BCUT2D eigenvalue weighted by molar-refractivity contribution is 0.413. The molecule has 0 radical (unpaired) electrons. The number of methoxy groups -OCH3 is 1. The first-order chi connectivity index (χ1) is 8.15. The molecule has 0 aromatic heterocycles. The molecule has 0 amide bonds. The van der Waals surface area contributed by atoms with E-state index in [2.05, 4.69) is 49.1 Å². The number of thioether (sulfide) groups is 1. The molecule has 0 fully saturated rings. The van der Waals surface area contributed by atoms with Crippen LogP contribution in [0.2, 0.25) is 0 Å². The van der Waals surface area contributed by atoms with Crippen LogP contribution in [0.3, 0.4) is 0 Å². The number of hydrogen-bond acceptors (Lipinski definition) is 3. The summed E-state index contributed by atoms with van der Waals surface area (Å²) in [6, 6.07) is 6.90. The van der Waals surface area contributed by atoms with Gasteiger partial charge in [0.15, 0.2) is 0 Å². The van der Waals surface area contributed by atoms with Crippen LogP contribution >= 0.6 is 11.8 Å². The molecule has 17 heavy (non-hydrogen) atoms. The van der Waals surface area contributed by atoms with Gasteiger partial charge in [-0.25, -0.2) is 0 Å². The Balaban J connectivity index is 2.25. The van der Waals surface area contributed by atoms with Gasteiger partial charge in [0.25, 0.3) is 0 Å². The molecule has 2 unspecified atom stereocenters. The third-order valence-electron chi connectivity index (χ3n) is 3.24. The first-order valence-corrected chi connectivity index (χ1v) is 7.09. The van der Waals surface area contributed by atoms with Gasteiger partial charge in [-0.15, -0.1) is 0 Å².